The molecule has 3 rings (SSSR count). The molecule has 0 spiro atoms. The minimum atomic E-state index is 0.529. The van der Waals surface area contributed by atoms with Crippen molar-refractivity contribution in [3.63, 3.8) is 0 Å². The molecule has 0 unspecified atom stereocenters. The van der Waals surface area contributed by atoms with Crippen molar-refractivity contribution in [3.05, 3.63) is 53.2 Å². The van der Waals surface area contributed by atoms with E-state index >= 15 is 0 Å². The molecule has 0 aliphatic carbocycles. The maximum atomic E-state index is 6.03. The van der Waals surface area contributed by atoms with E-state index in [4.69, 9.17) is 30.5 Å². The molecular formula is C22H26ClN3O4. The lowest BCUT2D eigenvalue weighted by atomic mass is 10.1. The van der Waals surface area contributed by atoms with Gasteiger partial charge < -0.3 is 28.8 Å². The molecule has 160 valence electrons. The second-order valence-corrected chi connectivity index (χ2v) is 6.94. The first-order valence-corrected chi connectivity index (χ1v) is 9.82. The van der Waals surface area contributed by atoms with Gasteiger partial charge in [-0.05, 0) is 35.4 Å². The molecule has 2 aromatic carbocycles. The number of rotatable bonds is 10. The first kappa shape index (κ1) is 21.8. The molecule has 0 saturated heterocycles. The summed E-state index contributed by atoms with van der Waals surface area (Å²) in [7, 11) is 6.47. The Morgan fingerprint density at radius 2 is 1.63 bits per heavy atom. The van der Waals surface area contributed by atoms with E-state index in [0.29, 0.717) is 42.0 Å². The lowest BCUT2D eigenvalue weighted by molar-refractivity contribution is 0.188. The van der Waals surface area contributed by atoms with E-state index in [0.717, 1.165) is 22.8 Å². The number of ether oxygens (including phenoxy) is 4. The van der Waals surface area contributed by atoms with Crippen molar-refractivity contribution in [1.82, 2.24) is 9.55 Å². The summed E-state index contributed by atoms with van der Waals surface area (Å²) in [5.74, 6) is 2.53. The summed E-state index contributed by atoms with van der Waals surface area (Å²) in [4.78, 5) is 4.58. The highest BCUT2D eigenvalue weighted by atomic mass is 35.5. The first-order chi connectivity index (χ1) is 14.6. The number of hydrogen-bond acceptors (Lipinski definition) is 6. The van der Waals surface area contributed by atoms with Gasteiger partial charge >= 0.3 is 0 Å². The van der Waals surface area contributed by atoms with Crippen LogP contribution in [0.1, 0.15) is 5.56 Å². The van der Waals surface area contributed by atoms with E-state index in [1.54, 1.807) is 28.4 Å². The molecule has 1 aromatic heterocycles. The van der Waals surface area contributed by atoms with Crippen molar-refractivity contribution >= 4 is 17.5 Å². The van der Waals surface area contributed by atoms with Crippen molar-refractivity contribution in [2.45, 2.75) is 13.1 Å². The van der Waals surface area contributed by atoms with Gasteiger partial charge in [-0.25, -0.2) is 4.98 Å². The van der Waals surface area contributed by atoms with Crippen LogP contribution in [0, 0.1) is 0 Å². The predicted molar refractivity (Wildman–Crippen MR) is 118 cm³/mol. The Morgan fingerprint density at radius 3 is 2.20 bits per heavy atom. The molecule has 7 nitrogen and oxygen atoms in total. The third kappa shape index (κ3) is 4.80. The molecule has 0 amide bonds. The number of benzene rings is 2. The van der Waals surface area contributed by atoms with Crippen LogP contribution in [0.3, 0.4) is 0 Å². The van der Waals surface area contributed by atoms with Crippen LogP contribution in [-0.2, 0) is 17.8 Å². The number of aromatic nitrogens is 2. The summed E-state index contributed by atoms with van der Waals surface area (Å²) in [6.45, 7) is 1.75. The van der Waals surface area contributed by atoms with E-state index in [-0.39, 0.29) is 0 Å². The van der Waals surface area contributed by atoms with Gasteiger partial charge in [-0.2, -0.15) is 0 Å². The number of imidazole rings is 1. The van der Waals surface area contributed by atoms with Crippen molar-refractivity contribution in [2.24, 2.45) is 0 Å². The van der Waals surface area contributed by atoms with Gasteiger partial charge in [-0.1, -0.05) is 23.7 Å². The monoisotopic (exact) mass is 431 g/mol. The highest BCUT2D eigenvalue weighted by Crippen LogP contribution is 2.38. The largest absolute Gasteiger partial charge is 0.493 e. The van der Waals surface area contributed by atoms with Gasteiger partial charge in [0.05, 0.1) is 39.8 Å². The summed E-state index contributed by atoms with van der Waals surface area (Å²) in [6.07, 6.45) is 1.84. The Morgan fingerprint density at radius 1 is 0.967 bits per heavy atom. The maximum Gasteiger partial charge on any atom is 0.203 e. The minimum absolute atomic E-state index is 0.529. The van der Waals surface area contributed by atoms with Gasteiger partial charge in [0.25, 0.3) is 0 Å². The Kier molecular flexibility index (Phi) is 7.43. The van der Waals surface area contributed by atoms with Gasteiger partial charge in [-0.3, -0.25) is 0 Å². The number of halogens is 1. The second-order valence-electron chi connectivity index (χ2n) is 6.51. The van der Waals surface area contributed by atoms with Crippen LogP contribution in [0.5, 0.6) is 17.2 Å². The summed E-state index contributed by atoms with van der Waals surface area (Å²) in [5.41, 5.74) is 2.98. The quantitative estimate of drug-likeness (QED) is 0.510. The molecule has 30 heavy (non-hydrogen) atoms. The van der Waals surface area contributed by atoms with Crippen molar-refractivity contribution < 1.29 is 18.9 Å². The summed E-state index contributed by atoms with van der Waals surface area (Å²) in [6, 6.07) is 11.5. The standard InChI is InChI=1S/C22H26ClN3O4/c1-27-10-9-26-18(16-5-7-17(23)8-6-16)14-25-22(26)24-13-15-11-19(28-2)21(30-4)20(12-15)29-3/h5-8,11-12,14H,9-10,13H2,1-4H3,(H,24,25). The summed E-state index contributed by atoms with van der Waals surface area (Å²) in [5, 5.41) is 4.10. The molecule has 8 heteroatoms. The summed E-state index contributed by atoms with van der Waals surface area (Å²) < 4.78 is 23.6. The molecular weight excluding hydrogens is 406 g/mol. The van der Waals surface area contributed by atoms with Crippen molar-refractivity contribution in [1.29, 1.82) is 0 Å². The fourth-order valence-electron chi connectivity index (χ4n) is 3.20. The Labute approximate surface area is 181 Å². The van der Waals surface area contributed by atoms with E-state index in [2.05, 4.69) is 14.9 Å². The Bertz CT molecular complexity index is 948. The normalized spacial score (nSPS) is 10.7. The molecule has 0 saturated carbocycles. The highest BCUT2D eigenvalue weighted by molar-refractivity contribution is 6.30. The molecule has 1 heterocycles. The molecule has 0 radical (unpaired) electrons. The Balaban J connectivity index is 1.87. The van der Waals surface area contributed by atoms with Crippen LogP contribution < -0.4 is 19.5 Å². The number of methoxy groups -OCH3 is 4. The average Bonchev–Trinajstić information content (AvgIpc) is 3.18. The molecule has 0 aliphatic rings. The highest BCUT2D eigenvalue weighted by Gasteiger charge is 2.15. The first-order valence-electron chi connectivity index (χ1n) is 9.44. The third-order valence-electron chi connectivity index (χ3n) is 4.69. The van der Waals surface area contributed by atoms with Crippen LogP contribution in [0.4, 0.5) is 5.95 Å². The molecule has 3 aromatic rings. The van der Waals surface area contributed by atoms with Gasteiger partial charge in [0.15, 0.2) is 11.5 Å². The smallest absolute Gasteiger partial charge is 0.203 e. The molecule has 0 atom stereocenters. The second kappa shape index (κ2) is 10.2. The fraction of sp³-hybridized carbons (Fsp3) is 0.318. The van der Waals surface area contributed by atoms with Crippen molar-refractivity contribution in [3.8, 4) is 28.5 Å². The van der Waals surface area contributed by atoms with Crippen LogP contribution >= 0.6 is 11.6 Å². The van der Waals surface area contributed by atoms with E-state index in [1.807, 2.05) is 42.6 Å². The van der Waals surface area contributed by atoms with Gasteiger partial charge in [0.2, 0.25) is 11.7 Å². The van der Waals surface area contributed by atoms with Gasteiger partial charge in [0, 0.05) is 25.2 Å². The average molecular weight is 432 g/mol. The van der Waals surface area contributed by atoms with Crippen LogP contribution in [-0.4, -0.2) is 44.6 Å². The van der Waals surface area contributed by atoms with Crippen LogP contribution in [0.15, 0.2) is 42.6 Å². The number of nitrogens with zero attached hydrogens (tertiary/aromatic N) is 2. The van der Waals surface area contributed by atoms with Crippen molar-refractivity contribution in [2.75, 3.05) is 40.4 Å². The predicted octanol–water partition coefficient (Wildman–Crippen LogP) is 4.49. The topological polar surface area (TPSA) is 66.8 Å². The zero-order chi connectivity index (χ0) is 21.5. The molecule has 0 aliphatic heterocycles. The fourth-order valence-corrected chi connectivity index (χ4v) is 3.32. The number of nitrogens with one attached hydrogen (secondary N) is 1. The van der Waals surface area contributed by atoms with E-state index < -0.39 is 0 Å². The molecule has 1 N–H and O–H groups in total. The maximum absolute atomic E-state index is 6.03. The van der Waals surface area contributed by atoms with Gasteiger partial charge in [0.1, 0.15) is 0 Å². The van der Waals surface area contributed by atoms with E-state index in [1.165, 1.54) is 0 Å². The zero-order valence-electron chi connectivity index (χ0n) is 17.6. The summed E-state index contributed by atoms with van der Waals surface area (Å²) >= 11 is 6.03. The van der Waals surface area contributed by atoms with Crippen LogP contribution in [0.25, 0.3) is 11.3 Å². The lowest BCUT2D eigenvalue weighted by Gasteiger charge is -2.16. The zero-order valence-corrected chi connectivity index (χ0v) is 18.3. The third-order valence-corrected chi connectivity index (χ3v) is 4.94. The Hall–Kier alpha value is -2.90. The number of anilines is 1. The SMILES string of the molecule is COCCn1c(-c2ccc(Cl)cc2)cnc1NCc1cc(OC)c(OC)c(OC)c1. The van der Waals surface area contributed by atoms with Gasteiger partial charge in [-0.15, -0.1) is 0 Å². The molecule has 0 fully saturated rings. The van der Waals surface area contributed by atoms with E-state index in [9.17, 15) is 0 Å². The van der Waals surface area contributed by atoms with Crippen LogP contribution in [0.2, 0.25) is 5.02 Å². The number of hydrogen-bond donors (Lipinski definition) is 1. The lowest BCUT2D eigenvalue weighted by Crippen LogP contribution is -2.12. The molecule has 0 bridgehead atoms. The minimum Gasteiger partial charge on any atom is -0.493 e.